The van der Waals surface area contributed by atoms with Gasteiger partial charge < -0.3 is 9.47 Å². The van der Waals surface area contributed by atoms with Crippen molar-refractivity contribution in [2.45, 2.75) is 39.2 Å². The van der Waals surface area contributed by atoms with Crippen LogP contribution in [0.3, 0.4) is 0 Å². The van der Waals surface area contributed by atoms with E-state index in [1.54, 1.807) is 24.3 Å². The van der Waals surface area contributed by atoms with Crippen LogP contribution in [-0.4, -0.2) is 31.3 Å². The van der Waals surface area contributed by atoms with Crippen molar-refractivity contribution in [2.24, 2.45) is 0 Å². The summed E-state index contributed by atoms with van der Waals surface area (Å²) in [5, 5.41) is 0. The zero-order valence-corrected chi connectivity index (χ0v) is 13.1. The van der Waals surface area contributed by atoms with Crippen molar-refractivity contribution < 1.29 is 23.9 Å². The fourth-order valence-corrected chi connectivity index (χ4v) is 1.87. The minimum Gasteiger partial charge on any atom is -0.465 e. The Hall–Kier alpha value is -2.01. The number of carbonyl (C=O) groups is 3. The zero-order valence-electron chi connectivity index (χ0n) is 13.1. The minimum absolute atomic E-state index is 0.0297. The van der Waals surface area contributed by atoms with Crippen molar-refractivity contribution in [3.8, 4) is 0 Å². The molecule has 0 amide bonds. The van der Waals surface area contributed by atoms with Crippen LogP contribution in [0.2, 0.25) is 0 Å². The molecule has 0 bridgehead atoms. The molecular weight excluding hydrogens is 284 g/mol. The van der Waals surface area contributed by atoms with Gasteiger partial charge in [-0.05, 0) is 24.1 Å². The van der Waals surface area contributed by atoms with E-state index in [0.717, 1.165) is 18.4 Å². The number of esters is 1. The first kappa shape index (κ1) is 18.0. The normalized spacial score (nSPS) is 10.3. The standard InChI is InChI=1S/C17H22O5/c1-3-4-5-15(18)10-16(19)12-22-11-13-6-8-14(9-7-13)17(20)21-2/h6-9H,3-5,10-12H2,1-2H3. The van der Waals surface area contributed by atoms with E-state index in [2.05, 4.69) is 4.74 Å². The SMILES string of the molecule is CCCCC(=O)CC(=O)COCc1ccc(C(=O)OC)cc1. The highest BCUT2D eigenvalue weighted by Gasteiger charge is 2.09. The fourth-order valence-electron chi connectivity index (χ4n) is 1.87. The van der Waals surface area contributed by atoms with Crippen LogP contribution in [0.15, 0.2) is 24.3 Å². The summed E-state index contributed by atoms with van der Waals surface area (Å²) in [5.74, 6) is -0.626. The molecule has 5 heteroatoms. The first-order chi connectivity index (χ1) is 10.6. The summed E-state index contributed by atoms with van der Waals surface area (Å²) in [6, 6.07) is 6.76. The molecule has 0 spiro atoms. The van der Waals surface area contributed by atoms with Gasteiger partial charge >= 0.3 is 5.97 Å². The lowest BCUT2D eigenvalue weighted by Gasteiger charge is -2.05. The molecule has 0 radical (unpaired) electrons. The highest BCUT2D eigenvalue weighted by Crippen LogP contribution is 2.07. The number of ketones is 2. The van der Waals surface area contributed by atoms with Crippen molar-refractivity contribution in [2.75, 3.05) is 13.7 Å². The van der Waals surface area contributed by atoms with Gasteiger partial charge in [-0.25, -0.2) is 4.79 Å². The molecule has 0 aliphatic carbocycles. The third kappa shape index (κ3) is 6.63. The maximum Gasteiger partial charge on any atom is 0.337 e. The van der Waals surface area contributed by atoms with Crippen LogP contribution in [0, 0.1) is 0 Å². The van der Waals surface area contributed by atoms with Crippen molar-refractivity contribution in [3.63, 3.8) is 0 Å². The molecule has 1 aromatic carbocycles. The fraction of sp³-hybridized carbons (Fsp3) is 0.471. The summed E-state index contributed by atoms with van der Waals surface area (Å²) in [6.07, 6.45) is 2.16. The lowest BCUT2D eigenvalue weighted by atomic mass is 10.1. The molecule has 1 rings (SSSR count). The number of rotatable bonds is 10. The molecule has 5 nitrogen and oxygen atoms in total. The van der Waals surface area contributed by atoms with Crippen LogP contribution in [0.4, 0.5) is 0 Å². The Morgan fingerprint density at radius 2 is 1.73 bits per heavy atom. The third-order valence-corrected chi connectivity index (χ3v) is 3.11. The number of Topliss-reactive ketones (excluding diaryl/α,β-unsaturated/α-hetero) is 2. The molecule has 0 saturated heterocycles. The van der Waals surface area contributed by atoms with Gasteiger partial charge in [0.2, 0.25) is 0 Å². The molecule has 0 aliphatic rings. The smallest absolute Gasteiger partial charge is 0.337 e. The van der Waals surface area contributed by atoms with Gasteiger partial charge in [0.1, 0.15) is 12.4 Å². The van der Waals surface area contributed by atoms with Gasteiger partial charge in [-0.15, -0.1) is 0 Å². The predicted molar refractivity (Wildman–Crippen MR) is 81.6 cm³/mol. The zero-order chi connectivity index (χ0) is 16.4. The largest absolute Gasteiger partial charge is 0.465 e. The van der Waals surface area contributed by atoms with Gasteiger partial charge in [0.15, 0.2) is 5.78 Å². The Bertz CT molecular complexity index is 504. The highest BCUT2D eigenvalue weighted by molar-refractivity contribution is 5.99. The van der Waals surface area contributed by atoms with E-state index in [1.165, 1.54) is 7.11 Å². The number of benzene rings is 1. The monoisotopic (exact) mass is 306 g/mol. The molecule has 0 heterocycles. The number of ether oxygens (including phenoxy) is 2. The van der Waals surface area contributed by atoms with E-state index in [9.17, 15) is 14.4 Å². The summed E-state index contributed by atoms with van der Waals surface area (Å²) >= 11 is 0. The third-order valence-electron chi connectivity index (χ3n) is 3.11. The molecule has 0 unspecified atom stereocenters. The number of unbranched alkanes of at least 4 members (excludes halogenated alkanes) is 1. The van der Waals surface area contributed by atoms with Gasteiger partial charge in [-0.3, -0.25) is 9.59 Å². The van der Waals surface area contributed by atoms with E-state index >= 15 is 0 Å². The van der Waals surface area contributed by atoms with Gasteiger partial charge in [-0.1, -0.05) is 25.5 Å². The molecule has 120 valence electrons. The molecule has 0 saturated carbocycles. The van der Waals surface area contributed by atoms with Crippen LogP contribution in [-0.2, 0) is 25.7 Å². The molecule has 0 atom stereocenters. The van der Waals surface area contributed by atoms with E-state index in [1.807, 2.05) is 6.92 Å². The Morgan fingerprint density at radius 3 is 2.32 bits per heavy atom. The number of carbonyl (C=O) groups excluding carboxylic acids is 3. The van der Waals surface area contributed by atoms with E-state index < -0.39 is 5.97 Å². The van der Waals surface area contributed by atoms with Crippen molar-refractivity contribution in [1.82, 2.24) is 0 Å². The second kappa shape index (κ2) is 9.84. The summed E-state index contributed by atoms with van der Waals surface area (Å²) in [7, 11) is 1.33. The maximum absolute atomic E-state index is 11.6. The van der Waals surface area contributed by atoms with Crippen molar-refractivity contribution in [1.29, 1.82) is 0 Å². The number of methoxy groups -OCH3 is 1. The molecular formula is C17H22O5. The first-order valence-electron chi connectivity index (χ1n) is 7.35. The van der Waals surface area contributed by atoms with Gasteiger partial charge in [0.05, 0.1) is 25.7 Å². The van der Waals surface area contributed by atoms with Crippen LogP contribution in [0.1, 0.15) is 48.5 Å². The molecule has 22 heavy (non-hydrogen) atoms. The van der Waals surface area contributed by atoms with Gasteiger partial charge in [0.25, 0.3) is 0 Å². The van der Waals surface area contributed by atoms with E-state index in [4.69, 9.17) is 4.74 Å². The molecule has 0 aromatic heterocycles. The van der Waals surface area contributed by atoms with Crippen molar-refractivity contribution >= 4 is 17.5 Å². The second-order valence-electron chi connectivity index (χ2n) is 5.04. The Kier molecular flexibility index (Phi) is 8.07. The van der Waals surface area contributed by atoms with Crippen LogP contribution < -0.4 is 0 Å². The maximum atomic E-state index is 11.6. The number of hydrogen-bond acceptors (Lipinski definition) is 5. The quantitative estimate of drug-likeness (QED) is 0.491. The summed E-state index contributed by atoms with van der Waals surface area (Å²) in [6.45, 7) is 2.19. The summed E-state index contributed by atoms with van der Waals surface area (Å²) < 4.78 is 9.90. The highest BCUT2D eigenvalue weighted by atomic mass is 16.5. The molecule has 0 fully saturated rings. The van der Waals surface area contributed by atoms with E-state index in [0.29, 0.717) is 12.0 Å². The Labute approximate surface area is 130 Å². The summed E-state index contributed by atoms with van der Waals surface area (Å²) in [5.41, 5.74) is 1.31. The molecule has 0 aliphatic heterocycles. The lowest BCUT2D eigenvalue weighted by Crippen LogP contribution is -2.13. The van der Waals surface area contributed by atoms with Gasteiger partial charge in [0, 0.05) is 6.42 Å². The molecule has 1 aromatic rings. The lowest BCUT2D eigenvalue weighted by molar-refractivity contribution is -0.130. The van der Waals surface area contributed by atoms with E-state index in [-0.39, 0.29) is 31.2 Å². The minimum atomic E-state index is -0.395. The van der Waals surface area contributed by atoms with Crippen LogP contribution >= 0.6 is 0 Å². The van der Waals surface area contributed by atoms with Crippen LogP contribution in [0.5, 0.6) is 0 Å². The van der Waals surface area contributed by atoms with Gasteiger partial charge in [-0.2, -0.15) is 0 Å². The first-order valence-corrected chi connectivity index (χ1v) is 7.35. The average Bonchev–Trinajstić information content (AvgIpc) is 2.52. The predicted octanol–water partition coefficient (Wildman–Crippen LogP) is 2.71. The average molecular weight is 306 g/mol. The molecule has 0 N–H and O–H groups in total. The second-order valence-corrected chi connectivity index (χ2v) is 5.04. The number of hydrogen-bond donors (Lipinski definition) is 0. The summed E-state index contributed by atoms with van der Waals surface area (Å²) in [4.78, 5) is 34.3. The van der Waals surface area contributed by atoms with Crippen LogP contribution in [0.25, 0.3) is 0 Å². The Morgan fingerprint density at radius 1 is 1.05 bits per heavy atom. The van der Waals surface area contributed by atoms with Crippen molar-refractivity contribution in [3.05, 3.63) is 35.4 Å². The topological polar surface area (TPSA) is 69.7 Å². The Balaban J connectivity index is 2.30.